The van der Waals surface area contributed by atoms with Crippen molar-refractivity contribution in [2.24, 2.45) is 5.73 Å². The lowest BCUT2D eigenvalue weighted by atomic mass is 10.0. The van der Waals surface area contributed by atoms with E-state index in [2.05, 4.69) is 6.92 Å². The van der Waals surface area contributed by atoms with E-state index in [1.54, 1.807) is 7.11 Å². The molecule has 27 heavy (non-hydrogen) atoms. The molecular formula is C20H32ClN3O3. The zero-order valence-electron chi connectivity index (χ0n) is 16.3. The standard InChI is InChI=1S/C20H31N3O3.ClH/c1-3-11-23(19(24)14-18(15-21)26-2)17-9-12-22(13-10-17)20(25)16-7-5-4-6-8-16;/h4-8,17-18H,3,9-15,21H2,1-2H3;1H. The quantitative estimate of drug-likeness (QED) is 0.730. The van der Waals surface area contributed by atoms with Crippen molar-refractivity contribution >= 4 is 24.2 Å². The van der Waals surface area contributed by atoms with Gasteiger partial charge in [-0.15, -0.1) is 12.4 Å². The maximum Gasteiger partial charge on any atom is 0.253 e. The van der Waals surface area contributed by atoms with Crippen molar-refractivity contribution in [3.63, 3.8) is 0 Å². The second-order valence-electron chi connectivity index (χ2n) is 6.77. The lowest BCUT2D eigenvalue weighted by Crippen LogP contribution is -2.49. The first-order chi connectivity index (χ1) is 12.6. The molecule has 0 saturated carbocycles. The van der Waals surface area contributed by atoms with Crippen molar-refractivity contribution in [1.82, 2.24) is 9.80 Å². The van der Waals surface area contributed by atoms with Gasteiger partial charge in [0.15, 0.2) is 0 Å². The molecule has 2 amide bonds. The number of methoxy groups -OCH3 is 1. The number of likely N-dealkylation sites (tertiary alicyclic amines) is 1. The number of nitrogens with two attached hydrogens (primary N) is 1. The summed E-state index contributed by atoms with van der Waals surface area (Å²) >= 11 is 0. The Morgan fingerprint density at radius 3 is 2.41 bits per heavy atom. The molecule has 2 rings (SSSR count). The molecule has 0 aliphatic carbocycles. The summed E-state index contributed by atoms with van der Waals surface area (Å²) in [5, 5.41) is 0. The molecule has 7 heteroatoms. The Bertz CT molecular complexity index is 573. The van der Waals surface area contributed by atoms with Gasteiger partial charge in [0.2, 0.25) is 5.91 Å². The fourth-order valence-corrected chi connectivity index (χ4v) is 3.47. The van der Waals surface area contributed by atoms with Gasteiger partial charge in [0.25, 0.3) is 5.91 Å². The molecule has 6 nitrogen and oxygen atoms in total. The van der Waals surface area contributed by atoms with Gasteiger partial charge < -0.3 is 20.3 Å². The van der Waals surface area contributed by atoms with Crippen molar-refractivity contribution in [1.29, 1.82) is 0 Å². The molecule has 1 fully saturated rings. The molecule has 0 bridgehead atoms. The number of nitrogens with zero attached hydrogens (tertiary/aromatic N) is 2. The van der Waals surface area contributed by atoms with E-state index in [4.69, 9.17) is 10.5 Å². The molecule has 1 aliphatic heterocycles. The predicted octanol–water partition coefficient (Wildman–Crippen LogP) is 2.32. The molecule has 1 heterocycles. The summed E-state index contributed by atoms with van der Waals surface area (Å²) in [6.07, 6.45) is 2.61. The third-order valence-corrected chi connectivity index (χ3v) is 5.00. The summed E-state index contributed by atoms with van der Waals surface area (Å²) in [5.74, 6) is 0.164. The van der Waals surface area contributed by atoms with Crippen LogP contribution in [-0.2, 0) is 9.53 Å². The maximum absolute atomic E-state index is 12.7. The number of amides is 2. The monoisotopic (exact) mass is 397 g/mol. The van der Waals surface area contributed by atoms with Gasteiger partial charge in [-0.2, -0.15) is 0 Å². The molecule has 0 spiro atoms. The summed E-state index contributed by atoms with van der Waals surface area (Å²) in [6, 6.07) is 9.54. The highest BCUT2D eigenvalue weighted by atomic mass is 35.5. The van der Waals surface area contributed by atoms with Crippen molar-refractivity contribution in [3.8, 4) is 0 Å². The Kier molecular flexibility index (Phi) is 10.4. The molecule has 1 aromatic carbocycles. The molecule has 1 aromatic rings. The van der Waals surface area contributed by atoms with Crippen LogP contribution in [0.4, 0.5) is 0 Å². The van der Waals surface area contributed by atoms with Gasteiger partial charge >= 0.3 is 0 Å². The van der Waals surface area contributed by atoms with Crippen molar-refractivity contribution in [3.05, 3.63) is 35.9 Å². The average molecular weight is 398 g/mol. The Morgan fingerprint density at radius 2 is 1.89 bits per heavy atom. The fraction of sp³-hybridized carbons (Fsp3) is 0.600. The van der Waals surface area contributed by atoms with Gasteiger partial charge in [-0.1, -0.05) is 25.1 Å². The highest BCUT2D eigenvalue weighted by Crippen LogP contribution is 2.20. The molecule has 0 radical (unpaired) electrons. The highest BCUT2D eigenvalue weighted by molar-refractivity contribution is 5.94. The van der Waals surface area contributed by atoms with Crippen LogP contribution in [0.3, 0.4) is 0 Å². The molecule has 0 aromatic heterocycles. The fourth-order valence-electron chi connectivity index (χ4n) is 3.47. The second kappa shape index (κ2) is 12.0. The second-order valence-corrected chi connectivity index (χ2v) is 6.77. The lowest BCUT2D eigenvalue weighted by Gasteiger charge is -2.39. The van der Waals surface area contributed by atoms with E-state index in [0.717, 1.165) is 31.4 Å². The molecule has 152 valence electrons. The van der Waals surface area contributed by atoms with E-state index < -0.39 is 0 Å². The largest absolute Gasteiger partial charge is 0.380 e. The summed E-state index contributed by atoms with van der Waals surface area (Å²) in [7, 11) is 1.59. The van der Waals surface area contributed by atoms with Crippen LogP contribution in [-0.4, -0.2) is 67.0 Å². The predicted molar refractivity (Wildman–Crippen MR) is 109 cm³/mol. The van der Waals surface area contributed by atoms with Crippen LogP contribution >= 0.6 is 12.4 Å². The van der Waals surface area contributed by atoms with Gasteiger partial charge in [-0.25, -0.2) is 0 Å². The number of piperidine rings is 1. The first-order valence-corrected chi connectivity index (χ1v) is 9.47. The van der Waals surface area contributed by atoms with Gasteiger partial charge in [0, 0.05) is 44.9 Å². The number of carbonyl (C=O) groups excluding carboxylic acids is 2. The number of carbonyl (C=O) groups is 2. The topological polar surface area (TPSA) is 75.9 Å². The Morgan fingerprint density at radius 1 is 1.26 bits per heavy atom. The minimum Gasteiger partial charge on any atom is -0.380 e. The van der Waals surface area contributed by atoms with Crippen LogP contribution in [0, 0.1) is 0 Å². The first kappa shape index (κ1) is 23.4. The van der Waals surface area contributed by atoms with E-state index in [0.29, 0.717) is 26.1 Å². The minimum absolute atomic E-state index is 0. The van der Waals surface area contributed by atoms with E-state index in [-0.39, 0.29) is 36.4 Å². The normalized spacial score (nSPS) is 15.7. The number of hydrogen-bond donors (Lipinski definition) is 1. The Labute approximate surface area is 168 Å². The Hall–Kier alpha value is -1.63. The van der Waals surface area contributed by atoms with Crippen molar-refractivity contribution in [2.45, 2.75) is 44.8 Å². The van der Waals surface area contributed by atoms with Gasteiger partial charge in [-0.3, -0.25) is 9.59 Å². The lowest BCUT2D eigenvalue weighted by molar-refractivity contribution is -0.136. The van der Waals surface area contributed by atoms with E-state index in [1.807, 2.05) is 40.1 Å². The van der Waals surface area contributed by atoms with E-state index in [1.165, 1.54) is 0 Å². The van der Waals surface area contributed by atoms with Gasteiger partial charge in [0.05, 0.1) is 12.5 Å². The molecule has 1 saturated heterocycles. The summed E-state index contributed by atoms with van der Waals surface area (Å²) in [4.78, 5) is 29.1. The van der Waals surface area contributed by atoms with Crippen LogP contribution in [0.5, 0.6) is 0 Å². The molecule has 1 aliphatic rings. The summed E-state index contributed by atoms with van der Waals surface area (Å²) in [6.45, 7) is 4.50. The third kappa shape index (κ3) is 6.48. The molecule has 1 atom stereocenters. The summed E-state index contributed by atoms with van der Waals surface area (Å²) < 4.78 is 5.26. The molecule has 2 N–H and O–H groups in total. The first-order valence-electron chi connectivity index (χ1n) is 9.47. The van der Waals surface area contributed by atoms with E-state index in [9.17, 15) is 9.59 Å². The SMILES string of the molecule is CCCN(C(=O)CC(CN)OC)C1CCN(C(=O)c2ccccc2)CC1.Cl. The highest BCUT2D eigenvalue weighted by Gasteiger charge is 2.30. The van der Waals surface area contributed by atoms with Crippen LogP contribution in [0.1, 0.15) is 43.0 Å². The van der Waals surface area contributed by atoms with Gasteiger partial charge in [-0.05, 0) is 31.4 Å². The van der Waals surface area contributed by atoms with Gasteiger partial charge in [0.1, 0.15) is 0 Å². The number of rotatable bonds is 8. The maximum atomic E-state index is 12.7. The smallest absolute Gasteiger partial charge is 0.253 e. The average Bonchev–Trinajstić information content (AvgIpc) is 2.70. The summed E-state index contributed by atoms with van der Waals surface area (Å²) in [5.41, 5.74) is 6.37. The van der Waals surface area contributed by atoms with Crippen LogP contribution in [0.25, 0.3) is 0 Å². The third-order valence-electron chi connectivity index (χ3n) is 5.00. The number of ether oxygens (including phenoxy) is 1. The van der Waals surface area contributed by atoms with Crippen molar-refractivity contribution in [2.75, 3.05) is 33.3 Å². The molecule has 1 unspecified atom stereocenters. The Balaban J connectivity index is 0.00000364. The minimum atomic E-state index is -0.235. The number of benzene rings is 1. The molecular weight excluding hydrogens is 366 g/mol. The van der Waals surface area contributed by atoms with E-state index >= 15 is 0 Å². The van der Waals surface area contributed by atoms with Crippen LogP contribution in [0.2, 0.25) is 0 Å². The van der Waals surface area contributed by atoms with Crippen LogP contribution < -0.4 is 5.73 Å². The van der Waals surface area contributed by atoms with Crippen LogP contribution in [0.15, 0.2) is 30.3 Å². The zero-order valence-corrected chi connectivity index (χ0v) is 17.1. The number of hydrogen-bond acceptors (Lipinski definition) is 4. The van der Waals surface area contributed by atoms with Crippen molar-refractivity contribution < 1.29 is 14.3 Å². The zero-order chi connectivity index (χ0) is 18.9. The number of halogens is 1.